The molecule has 1 aliphatic heterocycles. The number of aliphatic hydroxyl groups excluding tert-OH is 1. The summed E-state index contributed by atoms with van der Waals surface area (Å²) >= 11 is 1.32. The fourth-order valence-electron chi connectivity index (χ4n) is 3.12. The second-order valence-corrected chi connectivity index (χ2v) is 7.05. The highest BCUT2D eigenvalue weighted by atomic mass is 32.2. The normalized spacial score (nSPS) is 31.8. The van der Waals surface area contributed by atoms with Crippen LogP contribution in [0.1, 0.15) is 39.0 Å². The molecule has 0 aromatic carbocycles. The second kappa shape index (κ2) is 6.75. The van der Waals surface area contributed by atoms with Gasteiger partial charge in [0.2, 0.25) is 5.91 Å². The molecule has 108 valence electrons. The molecule has 1 heterocycles. The third-order valence-electron chi connectivity index (χ3n) is 4.05. The van der Waals surface area contributed by atoms with Gasteiger partial charge in [0.05, 0.1) is 6.10 Å². The lowest BCUT2D eigenvalue weighted by Crippen LogP contribution is -2.34. The summed E-state index contributed by atoms with van der Waals surface area (Å²) in [6.45, 7) is 3.14. The fraction of sp³-hybridized carbons (Fsp3) is 0.857. The van der Waals surface area contributed by atoms with Crippen molar-refractivity contribution in [2.75, 3.05) is 18.8 Å². The molecular formula is C14H23NO3S. The van der Waals surface area contributed by atoms with Gasteiger partial charge in [-0.2, -0.15) is 0 Å². The summed E-state index contributed by atoms with van der Waals surface area (Å²) in [7, 11) is 0. The van der Waals surface area contributed by atoms with E-state index in [1.54, 1.807) is 6.92 Å². The van der Waals surface area contributed by atoms with E-state index in [9.17, 15) is 14.7 Å². The number of carbonyl (C=O) groups is 2. The Kier molecular flexibility index (Phi) is 5.28. The van der Waals surface area contributed by atoms with Gasteiger partial charge >= 0.3 is 0 Å². The van der Waals surface area contributed by atoms with E-state index in [0.29, 0.717) is 18.3 Å². The van der Waals surface area contributed by atoms with E-state index in [-0.39, 0.29) is 17.1 Å². The predicted molar refractivity (Wildman–Crippen MR) is 75.8 cm³/mol. The van der Waals surface area contributed by atoms with Gasteiger partial charge in [-0.25, -0.2) is 0 Å². The maximum atomic E-state index is 12.0. The van der Waals surface area contributed by atoms with Crippen molar-refractivity contribution in [2.45, 2.75) is 45.1 Å². The third-order valence-corrected chi connectivity index (χ3v) is 5.10. The largest absolute Gasteiger partial charge is 0.393 e. The van der Waals surface area contributed by atoms with Gasteiger partial charge in [-0.1, -0.05) is 18.2 Å². The SMILES string of the molecule is CC(=O)SCC1CC(=O)N(CC2CCCC(O)C2)C1. The van der Waals surface area contributed by atoms with E-state index in [1.165, 1.54) is 11.8 Å². The summed E-state index contributed by atoms with van der Waals surface area (Å²) in [5.74, 6) is 1.74. The number of carbonyl (C=O) groups excluding carboxylic acids is 2. The van der Waals surface area contributed by atoms with E-state index in [1.807, 2.05) is 4.90 Å². The molecular weight excluding hydrogens is 262 g/mol. The summed E-state index contributed by atoms with van der Waals surface area (Å²) in [6.07, 6.45) is 4.32. The third kappa shape index (κ3) is 4.49. The Morgan fingerprint density at radius 1 is 1.42 bits per heavy atom. The zero-order valence-electron chi connectivity index (χ0n) is 11.5. The molecule has 3 unspecified atom stereocenters. The maximum Gasteiger partial charge on any atom is 0.222 e. The number of hydrogen-bond acceptors (Lipinski definition) is 4. The van der Waals surface area contributed by atoms with Gasteiger partial charge in [0, 0.05) is 32.2 Å². The van der Waals surface area contributed by atoms with Crippen LogP contribution < -0.4 is 0 Å². The highest BCUT2D eigenvalue weighted by Gasteiger charge is 2.32. The van der Waals surface area contributed by atoms with Gasteiger partial charge in [-0.15, -0.1) is 0 Å². The molecule has 1 amide bonds. The Bertz CT molecular complexity index is 348. The molecule has 3 atom stereocenters. The Labute approximate surface area is 118 Å². The van der Waals surface area contributed by atoms with Gasteiger partial charge in [0.1, 0.15) is 0 Å². The Morgan fingerprint density at radius 3 is 2.89 bits per heavy atom. The maximum absolute atomic E-state index is 12.0. The molecule has 1 N–H and O–H groups in total. The van der Waals surface area contributed by atoms with Crippen LogP contribution in [0.25, 0.3) is 0 Å². The Balaban J connectivity index is 1.77. The van der Waals surface area contributed by atoms with Gasteiger partial charge < -0.3 is 10.0 Å². The summed E-state index contributed by atoms with van der Waals surface area (Å²) < 4.78 is 0. The molecule has 2 rings (SSSR count). The first kappa shape index (κ1) is 14.9. The van der Waals surface area contributed by atoms with Crippen LogP contribution in [0.2, 0.25) is 0 Å². The average molecular weight is 285 g/mol. The van der Waals surface area contributed by atoms with E-state index < -0.39 is 0 Å². The molecule has 0 spiro atoms. The molecule has 2 fully saturated rings. The molecule has 4 nitrogen and oxygen atoms in total. The Hall–Kier alpha value is -0.550. The monoisotopic (exact) mass is 285 g/mol. The molecule has 0 bridgehead atoms. The number of hydrogen-bond donors (Lipinski definition) is 1. The van der Waals surface area contributed by atoms with Crippen molar-refractivity contribution in [2.24, 2.45) is 11.8 Å². The van der Waals surface area contributed by atoms with Crippen LogP contribution >= 0.6 is 11.8 Å². The summed E-state index contributed by atoms with van der Waals surface area (Å²) in [4.78, 5) is 24.8. The summed E-state index contributed by atoms with van der Waals surface area (Å²) in [5, 5.41) is 9.80. The zero-order chi connectivity index (χ0) is 13.8. The van der Waals surface area contributed by atoms with Crippen molar-refractivity contribution < 1.29 is 14.7 Å². The number of amides is 1. The molecule has 1 saturated carbocycles. The van der Waals surface area contributed by atoms with E-state index in [4.69, 9.17) is 0 Å². The Morgan fingerprint density at radius 2 is 2.21 bits per heavy atom. The first-order valence-electron chi connectivity index (χ1n) is 7.13. The van der Waals surface area contributed by atoms with Gasteiger partial charge in [0.15, 0.2) is 5.12 Å². The van der Waals surface area contributed by atoms with Crippen LogP contribution in [0.3, 0.4) is 0 Å². The highest BCUT2D eigenvalue weighted by molar-refractivity contribution is 8.13. The molecule has 19 heavy (non-hydrogen) atoms. The highest BCUT2D eigenvalue weighted by Crippen LogP contribution is 2.28. The topological polar surface area (TPSA) is 57.6 Å². The molecule has 1 saturated heterocycles. The van der Waals surface area contributed by atoms with Crippen molar-refractivity contribution in [3.8, 4) is 0 Å². The first-order valence-corrected chi connectivity index (χ1v) is 8.12. The zero-order valence-corrected chi connectivity index (χ0v) is 12.3. The molecule has 0 aromatic rings. The number of rotatable bonds is 4. The van der Waals surface area contributed by atoms with Gasteiger partial charge in [-0.3, -0.25) is 9.59 Å². The molecule has 1 aliphatic carbocycles. The van der Waals surface area contributed by atoms with Gasteiger partial charge in [-0.05, 0) is 31.1 Å². The van der Waals surface area contributed by atoms with Crippen molar-refractivity contribution in [3.05, 3.63) is 0 Å². The van der Waals surface area contributed by atoms with Crippen LogP contribution in [-0.4, -0.2) is 46.0 Å². The van der Waals surface area contributed by atoms with Crippen LogP contribution in [0.15, 0.2) is 0 Å². The average Bonchev–Trinajstić information content (AvgIpc) is 2.68. The van der Waals surface area contributed by atoms with Crippen molar-refractivity contribution in [3.63, 3.8) is 0 Å². The smallest absolute Gasteiger partial charge is 0.222 e. The molecule has 0 radical (unpaired) electrons. The number of thioether (sulfide) groups is 1. The van der Waals surface area contributed by atoms with Crippen molar-refractivity contribution in [1.82, 2.24) is 4.90 Å². The molecule has 0 aromatic heterocycles. The van der Waals surface area contributed by atoms with Crippen molar-refractivity contribution >= 4 is 22.8 Å². The minimum absolute atomic E-state index is 0.126. The standard InChI is InChI=1S/C14H23NO3S/c1-10(16)19-9-12-6-14(18)15(8-12)7-11-3-2-4-13(17)5-11/h11-13,17H,2-9H2,1H3. The lowest BCUT2D eigenvalue weighted by Gasteiger charge is -2.29. The van der Waals surface area contributed by atoms with E-state index in [2.05, 4.69) is 0 Å². The second-order valence-electron chi connectivity index (χ2n) is 5.86. The van der Waals surface area contributed by atoms with Gasteiger partial charge in [0.25, 0.3) is 0 Å². The van der Waals surface area contributed by atoms with Crippen LogP contribution in [0.5, 0.6) is 0 Å². The minimum atomic E-state index is -0.180. The quantitative estimate of drug-likeness (QED) is 0.853. The first-order chi connectivity index (χ1) is 9.04. The van der Waals surface area contributed by atoms with E-state index in [0.717, 1.165) is 44.5 Å². The lowest BCUT2D eigenvalue weighted by atomic mass is 9.87. The van der Waals surface area contributed by atoms with Crippen molar-refractivity contribution in [1.29, 1.82) is 0 Å². The minimum Gasteiger partial charge on any atom is -0.393 e. The van der Waals surface area contributed by atoms with Crippen LogP contribution in [0.4, 0.5) is 0 Å². The van der Waals surface area contributed by atoms with Crippen LogP contribution in [0, 0.1) is 11.8 Å². The number of nitrogens with zero attached hydrogens (tertiary/aromatic N) is 1. The number of likely N-dealkylation sites (tertiary alicyclic amines) is 1. The van der Waals surface area contributed by atoms with E-state index >= 15 is 0 Å². The predicted octanol–water partition coefficient (Wildman–Crippen LogP) is 1.67. The summed E-state index contributed by atoms with van der Waals surface area (Å²) in [6, 6.07) is 0. The van der Waals surface area contributed by atoms with Crippen LogP contribution in [-0.2, 0) is 9.59 Å². The molecule has 2 aliphatic rings. The summed E-state index contributed by atoms with van der Waals surface area (Å²) in [5.41, 5.74) is 0. The molecule has 5 heteroatoms. The lowest BCUT2D eigenvalue weighted by molar-refractivity contribution is -0.128. The fourth-order valence-corrected chi connectivity index (χ4v) is 3.81. The number of aliphatic hydroxyl groups is 1.